The number of allylic oxidation sites excluding steroid dienone is 2. The monoisotopic (exact) mass is 394 g/mol. The van der Waals surface area contributed by atoms with E-state index in [2.05, 4.69) is 11.2 Å². The highest BCUT2D eigenvalue weighted by Crippen LogP contribution is 2.25. The fraction of sp³-hybridized carbons (Fsp3) is 0.304. The van der Waals surface area contributed by atoms with Gasteiger partial charge in [0.25, 0.3) is 0 Å². The molecule has 0 saturated heterocycles. The van der Waals surface area contributed by atoms with Gasteiger partial charge in [-0.1, -0.05) is 30.4 Å². The highest BCUT2D eigenvalue weighted by molar-refractivity contribution is 5.79. The van der Waals surface area contributed by atoms with Gasteiger partial charge in [-0.15, -0.1) is 0 Å². The molecule has 1 N–H and O–H groups in total. The van der Waals surface area contributed by atoms with Crippen molar-refractivity contribution in [3.8, 4) is 5.75 Å². The number of hydrogen-bond acceptors (Lipinski definition) is 4. The number of methoxy groups -OCH3 is 1. The van der Waals surface area contributed by atoms with Gasteiger partial charge >= 0.3 is 5.97 Å². The van der Waals surface area contributed by atoms with Crippen molar-refractivity contribution in [3.05, 3.63) is 71.9 Å². The van der Waals surface area contributed by atoms with E-state index in [0.717, 1.165) is 34.3 Å². The van der Waals surface area contributed by atoms with Crippen LogP contribution in [0.3, 0.4) is 0 Å². The molecule has 6 heteroatoms. The van der Waals surface area contributed by atoms with E-state index in [0.29, 0.717) is 13.2 Å². The zero-order chi connectivity index (χ0) is 20.6. The number of carbonyl (C=O) groups is 1. The molecule has 0 aliphatic heterocycles. The molecule has 0 unspecified atom stereocenters. The largest absolute Gasteiger partial charge is 0.489 e. The maximum absolute atomic E-state index is 11.1. The number of rotatable bonds is 10. The average Bonchev–Trinajstić information content (AvgIpc) is 3.12. The van der Waals surface area contributed by atoms with E-state index in [4.69, 9.17) is 14.6 Å². The van der Waals surface area contributed by atoms with Crippen LogP contribution in [-0.2, 0) is 22.7 Å². The van der Waals surface area contributed by atoms with Crippen molar-refractivity contribution in [2.24, 2.45) is 0 Å². The quantitative estimate of drug-likeness (QED) is 0.516. The van der Waals surface area contributed by atoms with E-state index in [-0.39, 0.29) is 12.3 Å². The number of carboxylic acid groups (broad SMARTS) is 1. The first-order valence-corrected chi connectivity index (χ1v) is 9.61. The first-order valence-electron chi connectivity index (χ1n) is 9.61. The van der Waals surface area contributed by atoms with Gasteiger partial charge in [-0.05, 0) is 42.3 Å². The predicted molar refractivity (Wildman–Crippen MR) is 112 cm³/mol. The standard InChI is InChI=1S/C23H26N2O4/c1-3-4-19(14-23(26)27)18-6-8-21(9-7-18)29-16-17-5-10-22-20(13-17)15-24-25(22)11-12-28-2/h3-10,13,15,19H,11-12,14,16H2,1-2H3,(H,26,27)/t19-/m1/s1. The van der Waals surface area contributed by atoms with Crippen molar-refractivity contribution in [1.29, 1.82) is 0 Å². The molecular weight excluding hydrogens is 368 g/mol. The molecule has 3 rings (SSSR count). The van der Waals surface area contributed by atoms with Crippen LogP contribution in [0, 0.1) is 0 Å². The van der Waals surface area contributed by atoms with Crippen molar-refractivity contribution >= 4 is 16.9 Å². The van der Waals surface area contributed by atoms with Crippen LogP contribution in [0.4, 0.5) is 0 Å². The summed E-state index contributed by atoms with van der Waals surface area (Å²) in [5.74, 6) is -0.197. The van der Waals surface area contributed by atoms with Gasteiger partial charge in [0.05, 0.1) is 31.3 Å². The molecule has 29 heavy (non-hydrogen) atoms. The fourth-order valence-corrected chi connectivity index (χ4v) is 3.28. The van der Waals surface area contributed by atoms with Gasteiger partial charge in [-0.25, -0.2) is 0 Å². The second-order valence-electron chi connectivity index (χ2n) is 6.84. The smallest absolute Gasteiger partial charge is 0.304 e. The summed E-state index contributed by atoms with van der Waals surface area (Å²) in [6.07, 6.45) is 5.72. The maximum atomic E-state index is 11.1. The van der Waals surface area contributed by atoms with Gasteiger partial charge in [0.2, 0.25) is 0 Å². The minimum absolute atomic E-state index is 0.0720. The second-order valence-corrected chi connectivity index (χ2v) is 6.84. The molecule has 1 aromatic heterocycles. The number of carboxylic acids is 1. The summed E-state index contributed by atoms with van der Waals surface area (Å²) in [7, 11) is 1.68. The van der Waals surface area contributed by atoms with E-state index < -0.39 is 5.97 Å². The number of nitrogens with zero attached hydrogens (tertiary/aromatic N) is 2. The highest BCUT2D eigenvalue weighted by atomic mass is 16.5. The summed E-state index contributed by atoms with van der Waals surface area (Å²) < 4.78 is 13.0. The SMILES string of the molecule is CC=C[C@H](CC(=O)O)c1ccc(OCc2ccc3c(cnn3CCOC)c2)cc1. The lowest BCUT2D eigenvalue weighted by molar-refractivity contribution is -0.137. The Kier molecular flexibility index (Phi) is 7.03. The van der Waals surface area contributed by atoms with Crippen molar-refractivity contribution in [3.63, 3.8) is 0 Å². The molecule has 0 spiro atoms. The Balaban J connectivity index is 1.64. The Hall–Kier alpha value is -3.12. The Labute approximate surface area is 170 Å². The van der Waals surface area contributed by atoms with E-state index in [1.54, 1.807) is 7.11 Å². The molecule has 1 atom stereocenters. The first-order chi connectivity index (χ1) is 14.1. The molecule has 1 heterocycles. The summed E-state index contributed by atoms with van der Waals surface area (Å²) in [5.41, 5.74) is 3.09. The van der Waals surface area contributed by atoms with Crippen LogP contribution < -0.4 is 4.74 Å². The highest BCUT2D eigenvalue weighted by Gasteiger charge is 2.12. The molecule has 0 amide bonds. The zero-order valence-corrected chi connectivity index (χ0v) is 16.7. The predicted octanol–water partition coefficient (Wildman–Crippen LogP) is 4.40. The number of ether oxygens (including phenoxy) is 2. The molecule has 0 bridgehead atoms. The van der Waals surface area contributed by atoms with Gasteiger partial charge in [-0.2, -0.15) is 5.10 Å². The lowest BCUT2D eigenvalue weighted by Gasteiger charge is -2.12. The number of benzene rings is 2. The van der Waals surface area contributed by atoms with Crippen LogP contribution in [0.25, 0.3) is 10.9 Å². The Morgan fingerprint density at radius 2 is 2.03 bits per heavy atom. The molecule has 2 aromatic carbocycles. The first kappa shape index (κ1) is 20.6. The Bertz CT molecular complexity index is 976. The van der Waals surface area contributed by atoms with Gasteiger partial charge in [-0.3, -0.25) is 9.48 Å². The molecule has 0 radical (unpaired) electrons. The molecule has 3 aromatic rings. The summed E-state index contributed by atoms with van der Waals surface area (Å²) in [4.78, 5) is 11.1. The van der Waals surface area contributed by atoms with Gasteiger partial charge < -0.3 is 14.6 Å². The lowest BCUT2D eigenvalue weighted by atomic mass is 9.95. The molecule has 6 nitrogen and oxygen atoms in total. The van der Waals surface area contributed by atoms with Gasteiger partial charge in [0.15, 0.2) is 0 Å². The third-order valence-corrected chi connectivity index (χ3v) is 4.75. The van der Waals surface area contributed by atoms with Crippen molar-refractivity contribution in [2.75, 3.05) is 13.7 Å². The van der Waals surface area contributed by atoms with Crippen LogP contribution in [0.2, 0.25) is 0 Å². The van der Waals surface area contributed by atoms with E-state index in [9.17, 15) is 4.79 Å². The summed E-state index contributed by atoms with van der Waals surface area (Å²) in [5, 5.41) is 14.6. The third-order valence-electron chi connectivity index (χ3n) is 4.75. The molecule has 152 valence electrons. The van der Waals surface area contributed by atoms with E-state index in [1.807, 2.05) is 66.4 Å². The normalized spacial score (nSPS) is 12.5. The van der Waals surface area contributed by atoms with E-state index >= 15 is 0 Å². The molecule has 0 aliphatic rings. The third kappa shape index (κ3) is 5.45. The number of fused-ring (bicyclic) bond motifs is 1. The molecule has 0 aliphatic carbocycles. The molecular formula is C23H26N2O4. The molecule has 0 saturated carbocycles. The van der Waals surface area contributed by atoms with Crippen molar-refractivity contribution in [2.45, 2.75) is 32.4 Å². The Morgan fingerprint density at radius 3 is 2.72 bits per heavy atom. The van der Waals surface area contributed by atoms with Crippen LogP contribution in [0.5, 0.6) is 5.75 Å². The zero-order valence-electron chi connectivity index (χ0n) is 16.7. The Morgan fingerprint density at radius 1 is 1.24 bits per heavy atom. The average molecular weight is 394 g/mol. The van der Waals surface area contributed by atoms with Crippen molar-refractivity contribution in [1.82, 2.24) is 9.78 Å². The van der Waals surface area contributed by atoms with E-state index in [1.165, 1.54) is 0 Å². The number of aliphatic carboxylic acids is 1. The fourth-order valence-electron chi connectivity index (χ4n) is 3.28. The number of hydrogen-bond donors (Lipinski definition) is 1. The minimum atomic E-state index is -0.811. The van der Waals surface area contributed by atoms with Crippen LogP contribution in [-0.4, -0.2) is 34.6 Å². The second kappa shape index (κ2) is 9.89. The van der Waals surface area contributed by atoms with Crippen molar-refractivity contribution < 1.29 is 19.4 Å². The number of aromatic nitrogens is 2. The van der Waals surface area contributed by atoms with Crippen LogP contribution >= 0.6 is 0 Å². The minimum Gasteiger partial charge on any atom is -0.489 e. The van der Waals surface area contributed by atoms with Gasteiger partial charge in [0, 0.05) is 18.4 Å². The van der Waals surface area contributed by atoms with Crippen LogP contribution in [0.1, 0.15) is 30.4 Å². The lowest BCUT2D eigenvalue weighted by Crippen LogP contribution is -2.05. The summed E-state index contributed by atoms with van der Waals surface area (Å²) in [6.45, 7) is 3.69. The maximum Gasteiger partial charge on any atom is 0.304 e. The summed E-state index contributed by atoms with van der Waals surface area (Å²) in [6, 6.07) is 13.8. The van der Waals surface area contributed by atoms with Gasteiger partial charge in [0.1, 0.15) is 12.4 Å². The summed E-state index contributed by atoms with van der Waals surface area (Å²) >= 11 is 0. The topological polar surface area (TPSA) is 73.6 Å². The molecule has 0 fully saturated rings. The van der Waals surface area contributed by atoms with Crippen LogP contribution in [0.15, 0.2) is 60.8 Å².